The number of thiocarbonyl (C=S) groups is 1. The lowest BCUT2D eigenvalue weighted by molar-refractivity contribution is -0.148. The van der Waals surface area contributed by atoms with E-state index in [1.807, 2.05) is 78.9 Å². The Morgan fingerprint density at radius 3 is 1.27 bits per heavy atom. The fourth-order valence-corrected chi connectivity index (χ4v) is 18.3. The summed E-state index contributed by atoms with van der Waals surface area (Å²) in [5, 5.41) is 29.9. The van der Waals surface area contributed by atoms with Crippen LogP contribution in [0.3, 0.4) is 0 Å². The highest BCUT2D eigenvalue weighted by Crippen LogP contribution is 2.39. The number of hydrogen-bond donors (Lipinski definition) is 4. The van der Waals surface area contributed by atoms with E-state index in [1.54, 1.807) is 22.7 Å². The number of nitrogens with two attached hydrogens (primary N) is 1. The van der Waals surface area contributed by atoms with Gasteiger partial charge in [0.25, 0.3) is 0 Å². The van der Waals surface area contributed by atoms with Gasteiger partial charge in [-0.05, 0) is 201 Å². The van der Waals surface area contributed by atoms with Crippen LogP contribution in [0.4, 0.5) is 0 Å². The minimum Gasteiger partial charge on any atom is -0.494 e. The average molecular weight is 2030 g/mol. The molecular formula is C85H110Br4Cl3N3O21S3. The van der Waals surface area contributed by atoms with Crippen LogP contribution in [0.1, 0.15) is 155 Å². The zero-order valence-corrected chi connectivity index (χ0v) is 78.9. The first-order chi connectivity index (χ1) is 57.0. The number of thiazole rings is 2. The maximum absolute atomic E-state index is 11.7. The van der Waals surface area contributed by atoms with Crippen molar-refractivity contribution in [3.05, 3.63) is 112 Å². The van der Waals surface area contributed by atoms with E-state index in [1.165, 1.54) is 52.4 Å². The average Bonchev–Trinajstić information content (AvgIpc) is 1.66. The number of aryl methyl sites for hydroxylation is 2. The van der Waals surface area contributed by atoms with Crippen molar-refractivity contribution in [1.29, 1.82) is 0 Å². The summed E-state index contributed by atoms with van der Waals surface area (Å²) in [6, 6.07) is 23.2. The number of allylic oxidation sites excluding steroid dienone is 2. The second-order valence-corrected chi connectivity index (χ2v) is 37.0. The first kappa shape index (κ1) is 104. The summed E-state index contributed by atoms with van der Waals surface area (Å²) < 4.78 is 44.5. The second kappa shape index (κ2) is 56.9. The summed E-state index contributed by atoms with van der Waals surface area (Å²) in [7, 11) is 8.41. The summed E-state index contributed by atoms with van der Waals surface area (Å²) in [5.74, 6) is 2.16. The number of aromatic nitrogens is 2. The van der Waals surface area contributed by atoms with E-state index in [9.17, 15) is 53.4 Å². The number of halogens is 7. The fraction of sp³-hybridized carbons (Fsp3) is 0.576. The quantitative estimate of drug-likeness (QED) is 0.0125. The maximum atomic E-state index is 11.7. The number of carbonyl (C=O) groups excluding carboxylic acids is 8. The van der Waals surface area contributed by atoms with Gasteiger partial charge in [0, 0.05) is 79.4 Å². The number of nitrogens with zero attached hydrogens (tertiary/aromatic N) is 2. The second-order valence-electron chi connectivity index (χ2n) is 28.7. The van der Waals surface area contributed by atoms with E-state index in [4.69, 9.17) is 81.8 Å². The summed E-state index contributed by atoms with van der Waals surface area (Å²) in [6.45, 7) is 1.88. The Bertz CT molecular complexity index is 3980. The van der Waals surface area contributed by atoms with Crippen LogP contribution in [0, 0.1) is 41.4 Å². The van der Waals surface area contributed by atoms with Crippen molar-refractivity contribution in [2.24, 2.45) is 47.2 Å². The lowest BCUT2D eigenvalue weighted by Gasteiger charge is -2.27. The first-order valence-electron chi connectivity index (χ1n) is 39.5. The van der Waals surface area contributed by atoms with Gasteiger partial charge in [-0.2, -0.15) is 0 Å². The van der Waals surface area contributed by atoms with Crippen LogP contribution in [0.2, 0.25) is 0 Å². The Labute approximate surface area is 759 Å². The van der Waals surface area contributed by atoms with E-state index in [-0.39, 0.29) is 114 Å². The molecule has 12 rings (SSSR count). The van der Waals surface area contributed by atoms with Crippen LogP contribution in [0.5, 0.6) is 17.2 Å². The van der Waals surface area contributed by atoms with E-state index in [2.05, 4.69) is 98.5 Å². The Hall–Kier alpha value is -5.71. The number of carboxylic acid groups (broad SMARTS) is 1. The van der Waals surface area contributed by atoms with Crippen LogP contribution < -0.4 is 19.9 Å². The molecule has 4 saturated carbocycles. The molecule has 7 aliphatic rings. The highest BCUT2D eigenvalue weighted by Gasteiger charge is 2.36. The molecule has 2 heterocycles. The van der Waals surface area contributed by atoms with Crippen molar-refractivity contribution in [3.8, 4) is 38.4 Å². The van der Waals surface area contributed by atoms with Gasteiger partial charge in [0.1, 0.15) is 43.8 Å². The van der Waals surface area contributed by atoms with E-state index < -0.39 is 12.1 Å². The number of carboxylic acids is 1. The molecule has 0 radical (unpaired) electrons. The van der Waals surface area contributed by atoms with Gasteiger partial charge in [-0.15, -0.1) is 57.5 Å². The Kier molecular flexibility index (Phi) is 49.7. The van der Waals surface area contributed by atoms with Gasteiger partial charge in [0.05, 0.1) is 137 Å². The molecule has 5 N–H and O–H groups in total. The van der Waals surface area contributed by atoms with Crippen LogP contribution in [0.25, 0.3) is 21.1 Å². The zero-order valence-electron chi connectivity index (χ0n) is 67.8. The van der Waals surface area contributed by atoms with Gasteiger partial charge in [-0.3, -0.25) is 43.2 Å². The van der Waals surface area contributed by atoms with Gasteiger partial charge >= 0.3 is 41.8 Å². The maximum Gasteiger partial charge on any atom is 0.309 e. The lowest BCUT2D eigenvalue weighted by atomic mass is 9.87. The predicted octanol–water partition coefficient (Wildman–Crippen LogP) is 16.7. The molecule has 119 heavy (non-hydrogen) atoms. The molecule has 0 bridgehead atoms. The molecule has 4 fully saturated rings. The number of ether oxygens (including phenoxy) is 9. The zero-order chi connectivity index (χ0) is 87.5. The molecule has 24 nitrogen and oxygen atoms in total. The number of aliphatic carboxylic acids is 1. The molecule has 658 valence electrons. The van der Waals surface area contributed by atoms with Gasteiger partial charge in [0.2, 0.25) is 0 Å². The Morgan fingerprint density at radius 2 is 0.857 bits per heavy atom. The van der Waals surface area contributed by atoms with E-state index >= 15 is 0 Å². The van der Waals surface area contributed by atoms with E-state index in [0.717, 1.165) is 145 Å². The molecule has 0 aliphatic heterocycles. The third-order valence-corrected chi connectivity index (χ3v) is 27.7. The van der Waals surface area contributed by atoms with Gasteiger partial charge in [-0.25, -0.2) is 9.97 Å². The van der Waals surface area contributed by atoms with Crippen molar-refractivity contribution >= 4 is 192 Å². The number of esters is 6. The third-order valence-electron chi connectivity index (χ3n) is 20.3. The first-order valence-corrected chi connectivity index (χ1v) is 46.8. The number of benzene rings is 3. The summed E-state index contributed by atoms with van der Waals surface area (Å²) in [5.41, 5.74) is 10.4. The summed E-state index contributed by atoms with van der Waals surface area (Å²) in [6.07, 6.45) is 21.0. The number of aliphatic hydroxyl groups excluding tert-OH is 2. The number of aliphatic hydroxyl groups is 2. The number of methoxy groups -OCH3 is 6. The lowest BCUT2D eigenvalue weighted by Crippen LogP contribution is -2.33. The highest BCUT2D eigenvalue weighted by molar-refractivity contribution is 9.10. The molecule has 0 saturated heterocycles. The van der Waals surface area contributed by atoms with Crippen LogP contribution >= 0.6 is 133 Å². The van der Waals surface area contributed by atoms with Crippen LogP contribution in [-0.4, -0.2) is 195 Å². The minimum absolute atomic E-state index is 0.0374. The molecule has 34 heteroatoms. The standard InChI is InChI=1S/C18H20ClNO3S.C17H18ClNO3S.C10H12ClNOS.C8H13BrO3.C8H11BrO3.C8H13BrO3.C8H11BrO3.C8H12O2/c1-22-18(21)13-5-8-16-15(11-13)20-17(24-16)12-3-6-14(7-4-12)23-10-2-9-19;18-8-1-9-22-13-5-2-11(3-6-13)16-19-14-10-12(17(20)21)4-7-15(14)23-16;11-6-1-7-13-9-4-2-8(3-5-9)10(12)14;2*1-12-8(11)5-2-3-7(10)6(9)4-5;2*1-12-8(11)5-2-3-6(9)7(10)4-5;1-10-8(9)7-5-3-2-4-6-7/h3-4,6-7,13H,2,5,8-11H2,1H3;2-3,5-6,12H,1,4,7-10H2,(H,20,21);2-5H,1,6-7H2,(H2,12,14);5-7,10H,2-4H2,1H3;5-6H,2-4H2,1H3;5-7,10H,2-4H2,1H3;5-6H,2-4H2,1H3;2-3,7H,4-6H2,1H3. The smallest absolute Gasteiger partial charge is 0.309 e. The molecule has 13 atom stereocenters. The number of ketones is 2. The molecule has 2 aromatic heterocycles. The molecule has 0 amide bonds. The topological polar surface area (TPSA) is 349 Å². The summed E-state index contributed by atoms with van der Waals surface area (Å²) in [4.78, 5) is 113. The molecule has 7 aliphatic carbocycles. The largest absolute Gasteiger partial charge is 0.494 e. The number of rotatable bonds is 22. The fourth-order valence-electron chi connectivity index (χ4n) is 13.3. The molecular weight excluding hydrogens is 1920 g/mol. The van der Waals surface area contributed by atoms with Gasteiger partial charge in [0.15, 0.2) is 0 Å². The Balaban J connectivity index is 0.000000248. The molecule has 13 unspecified atom stereocenters. The number of hydrogen-bond acceptors (Lipinski definition) is 25. The van der Waals surface area contributed by atoms with E-state index in [0.29, 0.717) is 107 Å². The van der Waals surface area contributed by atoms with Crippen LogP contribution in [-0.2, 0) is 97.3 Å². The van der Waals surface area contributed by atoms with Crippen molar-refractivity contribution < 1.29 is 101 Å². The Morgan fingerprint density at radius 1 is 0.454 bits per heavy atom. The molecule has 5 aromatic rings. The molecule has 3 aromatic carbocycles. The number of carbonyl (C=O) groups is 9. The van der Waals surface area contributed by atoms with Crippen LogP contribution in [0.15, 0.2) is 84.9 Å². The highest BCUT2D eigenvalue weighted by atomic mass is 79.9. The van der Waals surface area contributed by atoms with Crippen molar-refractivity contribution in [3.63, 3.8) is 0 Å². The van der Waals surface area contributed by atoms with Gasteiger partial charge < -0.3 is 63.7 Å². The summed E-state index contributed by atoms with van der Waals surface area (Å²) >= 11 is 38.2. The predicted molar refractivity (Wildman–Crippen MR) is 479 cm³/mol. The van der Waals surface area contributed by atoms with Crippen molar-refractivity contribution in [1.82, 2.24) is 9.97 Å². The monoisotopic (exact) mass is 2030 g/mol. The third kappa shape index (κ3) is 36.6. The number of Topliss-reactive ketones (excluding diaryl/α,β-unsaturated/α-hetero) is 2. The van der Waals surface area contributed by atoms with Crippen molar-refractivity contribution in [2.45, 2.75) is 186 Å². The van der Waals surface area contributed by atoms with Gasteiger partial charge in [-0.1, -0.05) is 88.1 Å². The normalized spacial score (nSPS) is 23.1. The molecule has 0 spiro atoms. The number of alkyl halides is 7. The SMILES string of the molecule is COC(=O)C1CC=CCC1.COC(=O)C1CCC(=O)C(Br)C1.COC(=O)C1CCC(Br)C(=O)C1.COC(=O)C1CCC(Br)C(O)C1.COC(=O)C1CCC(O)C(Br)C1.COC(=O)C1CCc2sc(-c3ccc(OCCCCl)cc3)nc2C1.NC(=S)c1ccc(OCCCCl)cc1.O=C(O)C1CCc2sc(-c3ccc(OCCCCl)cc3)nc2C1. The minimum atomic E-state index is -0.719. The number of fused-ring (bicyclic) bond motifs is 2. The van der Waals surface area contributed by atoms with Crippen molar-refractivity contribution in [2.75, 3.05) is 80.1 Å².